The fourth-order valence-corrected chi connectivity index (χ4v) is 2.72. The maximum atomic E-state index is 12.3. The van der Waals surface area contributed by atoms with Gasteiger partial charge in [-0.15, -0.1) is 11.6 Å². The van der Waals surface area contributed by atoms with Gasteiger partial charge in [-0.1, -0.05) is 0 Å². The normalized spacial score (nSPS) is 18.4. The molecule has 0 spiro atoms. The average molecular weight is 286 g/mol. The van der Waals surface area contributed by atoms with Crippen molar-refractivity contribution >= 4 is 17.5 Å². The van der Waals surface area contributed by atoms with Crippen molar-refractivity contribution < 1.29 is 9.53 Å². The van der Waals surface area contributed by atoms with E-state index in [9.17, 15) is 4.79 Å². The van der Waals surface area contributed by atoms with Gasteiger partial charge in [0.1, 0.15) is 0 Å². The molecule has 0 radical (unpaired) electrons. The number of nitrogens with zero attached hydrogens (tertiary/aromatic N) is 3. The van der Waals surface area contributed by atoms with Gasteiger partial charge in [0, 0.05) is 31.6 Å². The van der Waals surface area contributed by atoms with E-state index >= 15 is 0 Å². The molecule has 1 fully saturated rings. The Morgan fingerprint density at radius 1 is 1.53 bits per heavy atom. The highest BCUT2D eigenvalue weighted by atomic mass is 35.5. The first-order valence-electron chi connectivity index (χ1n) is 6.54. The second-order valence-electron chi connectivity index (χ2n) is 5.00. The van der Waals surface area contributed by atoms with Gasteiger partial charge in [0.2, 0.25) is 5.88 Å². The Kier molecular flexibility index (Phi) is 4.34. The zero-order chi connectivity index (χ0) is 14.0. The molecule has 19 heavy (non-hydrogen) atoms. The summed E-state index contributed by atoms with van der Waals surface area (Å²) in [7, 11) is 3.33. The zero-order valence-electron chi connectivity index (χ0n) is 11.6. The van der Waals surface area contributed by atoms with E-state index in [1.54, 1.807) is 24.9 Å². The fourth-order valence-electron chi connectivity index (χ4n) is 2.47. The predicted octanol–water partition coefficient (Wildman–Crippen LogP) is 1.91. The predicted molar refractivity (Wildman–Crippen MR) is 73.7 cm³/mol. The molecule has 0 bridgehead atoms. The Balaban J connectivity index is 2.01. The van der Waals surface area contributed by atoms with Gasteiger partial charge in [-0.3, -0.25) is 4.79 Å². The Bertz CT molecular complexity index is 451. The summed E-state index contributed by atoms with van der Waals surface area (Å²) in [5.74, 6) is 1.07. The Morgan fingerprint density at radius 3 is 2.63 bits per heavy atom. The molecule has 1 aromatic heterocycles. The SMILES string of the molecule is COc1cc(C(=O)N2CCC(C(C)Cl)CC2)nn1C. The second kappa shape index (κ2) is 5.82. The number of rotatable bonds is 3. The minimum Gasteiger partial charge on any atom is -0.481 e. The van der Waals surface area contributed by atoms with Crippen molar-refractivity contribution in [1.82, 2.24) is 14.7 Å². The number of aromatic nitrogens is 2. The molecule has 0 saturated carbocycles. The van der Waals surface area contributed by atoms with Gasteiger partial charge in [0.05, 0.1) is 7.11 Å². The molecule has 1 aliphatic heterocycles. The van der Waals surface area contributed by atoms with Crippen molar-refractivity contribution in [2.24, 2.45) is 13.0 Å². The minimum absolute atomic E-state index is 0.0282. The molecule has 1 unspecified atom stereocenters. The van der Waals surface area contributed by atoms with Crippen molar-refractivity contribution in [3.8, 4) is 5.88 Å². The van der Waals surface area contributed by atoms with Crippen LogP contribution in [0.1, 0.15) is 30.3 Å². The largest absolute Gasteiger partial charge is 0.481 e. The first-order chi connectivity index (χ1) is 9.02. The van der Waals surface area contributed by atoms with Gasteiger partial charge >= 0.3 is 0 Å². The highest BCUT2D eigenvalue weighted by molar-refractivity contribution is 6.20. The van der Waals surface area contributed by atoms with Crippen LogP contribution < -0.4 is 4.74 Å². The van der Waals surface area contributed by atoms with Crippen LogP contribution in [0.2, 0.25) is 0 Å². The van der Waals surface area contributed by atoms with Crippen molar-refractivity contribution in [2.75, 3.05) is 20.2 Å². The fraction of sp³-hybridized carbons (Fsp3) is 0.692. The van der Waals surface area contributed by atoms with E-state index in [0.717, 1.165) is 25.9 Å². The van der Waals surface area contributed by atoms with Crippen LogP contribution in [0.25, 0.3) is 0 Å². The lowest BCUT2D eigenvalue weighted by Gasteiger charge is -2.32. The number of piperidine rings is 1. The number of methoxy groups -OCH3 is 1. The van der Waals surface area contributed by atoms with Gasteiger partial charge in [0.25, 0.3) is 5.91 Å². The molecule has 1 saturated heterocycles. The number of halogens is 1. The topological polar surface area (TPSA) is 47.4 Å². The second-order valence-corrected chi connectivity index (χ2v) is 5.69. The molecule has 106 valence electrons. The first kappa shape index (κ1) is 14.2. The summed E-state index contributed by atoms with van der Waals surface area (Å²) < 4.78 is 6.69. The van der Waals surface area contributed by atoms with E-state index in [1.165, 1.54) is 0 Å². The molecule has 5 nitrogen and oxygen atoms in total. The van der Waals surface area contributed by atoms with Gasteiger partial charge in [-0.05, 0) is 25.7 Å². The molecule has 1 atom stereocenters. The average Bonchev–Trinajstić information content (AvgIpc) is 2.79. The van der Waals surface area contributed by atoms with Crippen LogP contribution in [-0.2, 0) is 7.05 Å². The van der Waals surface area contributed by atoms with E-state index in [1.807, 2.05) is 11.8 Å². The number of aryl methyl sites for hydroxylation is 1. The van der Waals surface area contributed by atoms with E-state index < -0.39 is 0 Å². The lowest BCUT2D eigenvalue weighted by Crippen LogP contribution is -2.40. The lowest BCUT2D eigenvalue weighted by atomic mass is 9.94. The molecule has 0 N–H and O–H groups in total. The Hall–Kier alpha value is -1.23. The number of ether oxygens (including phenoxy) is 1. The Morgan fingerprint density at radius 2 is 2.16 bits per heavy atom. The lowest BCUT2D eigenvalue weighted by molar-refractivity contribution is 0.0683. The number of carbonyl (C=O) groups is 1. The van der Waals surface area contributed by atoms with Crippen LogP contribution in [0.4, 0.5) is 0 Å². The van der Waals surface area contributed by atoms with Crippen LogP contribution in [0.3, 0.4) is 0 Å². The molecule has 2 rings (SSSR count). The number of carbonyl (C=O) groups excluding carboxylic acids is 1. The molecular weight excluding hydrogens is 266 g/mol. The first-order valence-corrected chi connectivity index (χ1v) is 6.98. The Labute approximate surface area is 118 Å². The van der Waals surface area contributed by atoms with E-state index in [2.05, 4.69) is 5.10 Å². The standard InChI is InChI=1S/C13H20ClN3O2/c1-9(14)10-4-6-17(7-5-10)13(18)11-8-12(19-3)16(2)15-11/h8-10H,4-7H2,1-3H3. The zero-order valence-corrected chi connectivity index (χ0v) is 12.4. The van der Waals surface area contributed by atoms with Crippen molar-refractivity contribution in [1.29, 1.82) is 0 Å². The van der Waals surface area contributed by atoms with Gasteiger partial charge in [0.15, 0.2) is 5.69 Å². The molecule has 1 aromatic rings. The summed E-state index contributed by atoms with van der Waals surface area (Å²) in [4.78, 5) is 14.2. The summed E-state index contributed by atoms with van der Waals surface area (Å²) in [5, 5.41) is 4.36. The number of hydrogen-bond donors (Lipinski definition) is 0. The molecule has 0 aromatic carbocycles. The highest BCUT2D eigenvalue weighted by Gasteiger charge is 2.27. The van der Waals surface area contributed by atoms with Crippen molar-refractivity contribution in [3.05, 3.63) is 11.8 Å². The molecule has 1 aliphatic rings. The smallest absolute Gasteiger partial charge is 0.274 e. The maximum absolute atomic E-state index is 12.3. The number of amides is 1. The summed E-state index contributed by atoms with van der Waals surface area (Å²) in [6.45, 7) is 3.52. The van der Waals surface area contributed by atoms with E-state index in [0.29, 0.717) is 17.5 Å². The van der Waals surface area contributed by atoms with Gasteiger partial charge in [-0.2, -0.15) is 5.10 Å². The van der Waals surface area contributed by atoms with Crippen LogP contribution in [-0.4, -0.2) is 46.2 Å². The number of hydrogen-bond acceptors (Lipinski definition) is 3. The van der Waals surface area contributed by atoms with Crippen molar-refractivity contribution in [3.63, 3.8) is 0 Å². The van der Waals surface area contributed by atoms with E-state index in [-0.39, 0.29) is 11.3 Å². The van der Waals surface area contributed by atoms with Crippen LogP contribution in [0.5, 0.6) is 5.88 Å². The molecular formula is C13H20ClN3O2. The summed E-state index contributed by atoms with van der Waals surface area (Å²) >= 11 is 6.11. The number of alkyl halides is 1. The van der Waals surface area contributed by atoms with Crippen LogP contribution in [0, 0.1) is 5.92 Å². The van der Waals surface area contributed by atoms with E-state index in [4.69, 9.17) is 16.3 Å². The molecule has 0 aliphatic carbocycles. The number of likely N-dealkylation sites (tertiary alicyclic amines) is 1. The monoisotopic (exact) mass is 285 g/mol. The summed E-state index contributed by atoms with van der Waals surface area (Å²) in [5.41, 5.74) is 0.441. The quantitative estimate of drug-likeness (QED) is 0.797. The van der Waals surface area contributed by atoms with Gasteiger partial charge < -0.3 is 9.64 Å². The minimum atomic E-state index is -0.0282. The highest BCUT2D eigenvalue weighted by Crippen LogP contribution is 2.25. The molecule has 1 amide bonds. The maximum Gasteiger partial charge on any atom is 0.274 e. The third kappa shape index (κ3) is 3.03. The van der Waals surface area contributed by atoms with Crippen LogP contribution >= 0.6 is 11.6 Å². The van der Waals surface area contributed by atoms with Gasteiger partial charge in [-0.25, -0.2) is 4.68 Å². The summed E-state index contributed by atoms with van der Waals surface area (Å²) in [6, 6.07) is 1.68. The summed E-state index contributed by atoms with van der Waals surface area (Å²) in [6.07, 6.45) is 1.92. The molecule has 2 heterocycles. The van der Waals surface area contributed by atoms with Crippen molar-refractivity contribution in [2.45, 2.75) is 25.1 Å². The van der Waals surface area contributed by atoms with Crippen LogP contribution in [0.15, 0.2) is 6.07 Å². The third-order valence-corrected chi connectivity index (χ3v) is 4.10. The third-order valence-electron chi connectivity index (χ3n) is 3.74. The molecule has 6 heteroatoms.